The average Bonchev–Trinajstić information content (AvgIpc) is 3.06. The number of esters is 1. The van der Waals surface area contributed by atoms with E-state index < -0.39 is 18.5 Å². The number of rotatable bonds is 6. The predicted octanol–water partition coefficient (Wildman–Crippen LogP) is 3.25. The van der Waals surface area contributed by atoms with Crippen molar-refractivity contribution in [1.29, 1.82) is 5.26 Å². The molecular formula is C20H16N2O5. The number of ether oxygens (including phenoxy) is 2. The minimum absolute atomic E-state index is 0.0178. The number of furan rings is 1. The van der Waals surface area contributed by atoms with E-state index in [0.29, 0.717) is 22.4 Å². The first-order valence-electron chi connectivity index (χ1n) is 8.09. The number of nitriles is 1. The summed E-state index contributed by atoms with van der Waals surface area (Å²) in [6.45, 7) is -0.290. The molecule has 136 valence electrons. The van der Waals surface area contributed by atoms with Crippen molar-refractivity contribution >= 4 is 28.5 Å². The van der Waals surface area contributed by atoms with Crippen LogP contribution in [0.4, 0.5) is 5.69 Å². The summed E-state index contributed by atoms with van der Waals surface area (Å²) >= 11 is 0. The fourth-order valence-electron chi connectivity index (χ4n) is 2.57. The Hall–Kier alpha value is -3.63. The van der Waals surface area contributed by atoms with Crippen LogP contribution in [-0.4, -0.2) is 25.6 Å². The molecule has 0 radical (unpaired) electrons. The highest BCUT2D eigenvalue weighted by Crippen LogP contribution is 2.27. The lowest BCUT2D eigenvalue weighted by Crippen LogP contribution is -2.21. The van der Waals surface area contributed by atoms with E-state index in [1.54, 1.807) is 36.4 Å². The van der Waals surface area contributed by atoms with Gasteiger partial charge in [-0.05, 0) is 30.3 Å². The maximum atomic E-state index is 12.4. The van der Waals surface area contributed by atoms with Crippen molar-refractivity contribution < 1.29 is 23.5 Å². The molecular weight excluding hydrogens is 348 g/mol. The molecule has 1 amide bonds. The Morgan fingerprint density at radius 2 is 1.89 bits per heavy atom. The summed E-state index contributed by atoms with van der Waals surface area (Å²) in [5.74, 6) is -1.23. The number of nitrogens with zero attached hydrogens (tertiary/aromatic N) is 1. The number of hydrogen-bond acceptors (Lipinski definition) is 6. The second kappa shape index (κ2) is 8.17. The number of amides is 1. The van der Waals surface area contributed by atoms with Crippen LogP contribution in [0.25, 0.3) is 11.0 Å². The molecule has 0 spiro atoms. The van der Waals surface area contributed by atoms with Gasteiger partial charge in [0, 0.05) is 23.7 Å². The molecule has 0 bridgehead atoms. The summed E-state index contributed by atoms with van der Waals surface area (Å²) in [5, 5.41) is 12.1. The second-order valence-corrected chi connectivity index (χ2v) is 5.65. The van der Waals surface area contributed by atoms with E-state index in [4.69, 9.17) is 19.2 Å². The Labute approximate surface area is 155 Å². The third-order valence-electron chi connectivity index (χ3n) is 3.80. The molecule has 0 saturated carbocycles. The normalized spacial score (nSPS) is 10.4. The first-order valence-corrected chi connectivity index (χ1v) is 8.09. The van der Waals surface area contributed by atoms with E-state index >= 15 is 0 Å². The lowest BCUT2D eigenvalue weighted by atomic mass is 10.1. The van der Waals surface area contributed by atoms with Crippen LogP contribution in [0.2, 0.25) is 0 Å². The number of carbonyl (C=O) groups excluding carboxylic acids is 2. The molecule has 0 aliphatic heterocycles. The smallest absolute Gasteiger partial charge is 0.375 e. The van der Waals surface area contributed by atoms with Crippen molar-refractivity contribution in [3.05, 3.63) is 65.4 Å². The molecule has 3 aromatic rings. The molecule has 1 aromatic heterocycles. The lowest BCUT2D eigenvalue weighted by Gasteiger charge is -2.06. The van der Waals surface area contributed by atoms with E-state index in [-0.39, 0.29) is 12.4 Å². The molecule has 0 unspecified atom stereocenters. The minimum atomic E-state index is -0.742. The van der Waals surface area contributed by atoms with Crippen LogP contribution < -0.4 is 5.32 Å². The number of carbonyl (C=O) groups is 2. The number of benzene rings is 2. The fourth-order valence-corrected chi connectivity index (χ4v) is 2.57. The molecule has 1 heterocycles. The van der Waals surface area contributed by atoms with Gasteiger partial charge in [-0.3, -0.25) is 4.79 Å². The Balaban J connectivity index is 1.66. The highest BCUT2D eigenvalue weighted by atomic mass is 16.5. The van der Waals surface area contributed by atoms with E-state index in [1.165, 1.54) is 7.11 Å². The number of hydrogen-bond donors (Lipinski definition) is 1. The Kier molecular flexibility index (Phi) is 5.50. The number of anilines is 1. The van der Waals surface area contributed by atoms with E-state index in [1.807, 2.05) is 18.2 Å². The zero-order valence-corrected chi connectivity index (χ0v) is 14.5. The monoisotopic (exact) mass is 364 g/mol. The largest absolute Gasteiger partial charge is 0.450 e. The summed E-state index contributed by atoms with van der Waals surface area (Å²) in [4.78, 5) is 24.3. The standard InChI is InChI=1S/C20H16N2O5/c1-25-11-16-15-4-2-3-5-17(15)27-19(16)20(24)26-12-18(23)22-14-8-6-13(10-21)7-9-14/h2-9H,11-12H2,1H3,(H,22,23). The van der Waals surface area contributed by atoms with Gasteiger partial charge in [-0.15, -0.1) is 0 Å². The van der Waals surface area contributed by atoms with Crippen LogP contribution in [0.15, 0.2) is 52.9 Å². The number of nitrogens with one attached hydrogen (secondary N) is 1. The lowest BCUT2D eigenvalue weighted by molar-refractivity contribution is -0.119. The van der Waals surface area contributed by atoms with Gasteiger partial charge in [0.2, 0.25) is 5.76 Å². The van der Waals surface area contributed by atoms with Crippen LogP contribution in [0.3, 0.4) is 0 Å². The molecule has 0 aliphatic rings. The number of methoxy groups -OCH3 is 1. The summed E-state index contributed by atoms with van der Waals surface area (Å²) in [7, 11) is 1.52. The maximum Gasteiger partial charge on any atom is 0.375 e. The van der Waals surface area contributed by atoms with Gasteiger partial charge >= 0.3 is 5.97 Å². The van der Waals surface area contributed by atoms with Gasteiger partial charge in [0.15, 0.2) is 6.61 Å². The zero-order chi connectivity index (χ0) is 19.2. The van der Waals surface area contributed by atoms with Crippen molar-refractivity contribution in [3.8, 4) is 6.07 Å². The third-order valence-corrected chi connectivity index (χ3v) is 3.80. The first-order chi connectivity index (χ1) is 13.1. The fraction of sp³-hybridized carbons (Fsp3) is 0.150. The summed E-state index contributed by atoms with van der Waals surface area (Å²) in [6, 6.07) is 15.5. The quantitative estimate of drug-likeness (QED) is 0.674. The zero-order valence-electron chi connectivity index (χ0n) is 14.5. The molecule has 27 heavy (non-hydrogen) atoms. The van der Waals surface area contributed by atoms with Gasteiger partial charge < -0.3 is 19.2 Å². The van der Waals surface area contributed by atoms with Crippen LogP contribution in [-0.2, 0) is 20.9 Å². The summed E-state index contributed by atoms with van der Waals surface area (Å²) in [6.07, 6.45) is 0. The van der Waals surface area contributed by atoms with Crippen molar-refractivity contribution in [1.82, 2.24) is 0 Å². The van der Waals surface area contributed by atoms with Gasteiger partial charge in [0.1, 0.15) is 5.58 Å². The van der Waals surface area contributed by atoms with Gasteiger partial charge in [-0.2, -0.15) is 5.26 Å². The highest BCUT2D eigenvalue weighted by Gasteiger charge is 2.22. The molecule has 0 atom stereocenters. The third kappa shape index (κ3) is 4.14. The van der Waals surface area contributed by atoms with Gasteiger partial charge in [-0.25, -0.2) is 4.79 Å². The molecule has 7 heteroatoms. The molecule has 2 aromatic carbocycles. The topological polar surface area (TPSA) is 102 Å². The number of fused-ring (bicyclic) bond motifs is 1. The Morgan fingerprint density at radius 3 is 2.59 bits per heavy atom. The van der Waals surface area contributed by atoms with Gasteiger partial charge in [0.05, 0.1) is 18.2 Å². The Morgan fingerprint density at radius 1 is 1.15 bits per heavy atom. The van der Waals surface area contributed by atoms with Gasteiger partial charge in [-0.1, -0.05) is 18.2 Å². The molecule has 1 N–H and O–H groups in total. The first kappa shape index (κ1) is 18.2. The summed E-state index contributed by atoms with van der Waals surface area (Å²) in [5.41, 5.74) is 2.10. The maximum absolute atomic E-state index is 12.4. The SMILES string of the molecule is COCc1c(C(=O)OCC(=O)Nc2ccc(C#N)cc2)oc2ccccc12. The van der Waals surface area contributed by atoms with Crippen LogP contribution in [0, 0.1) is 11.3 Å². The van der Waals surface area contributed by atoms with E-state index in [9.17, 15) is 9.59 Å². The Bertz CT molecular complexity index is 1020. The summed E-state index contributed by atoms with van der Waals surface area (Å²) < 4.78 is 15.8. The predicted molar refractivity (Wildman–Crippen MR) is 97.0 cm³/mol. The molecule has 7 nitrogen and oxygen atoms in total. The molecule has 3 rings (SSSR count). The van der Waals surface area contributed by atoms with Crippen molar-refractivity contribution in [2.75, 3.05) is 19.0 Å². The molecule has 0 fully saturated rings. The van der Waals surface area contributed by atoms with Gasteiger partial charge in [0.25, 0.3) is 5.91 Å². The molecule has 0 saturated heterocycles. The highest BCUT2D eigenvalue weighted by molar-refractivity contribution is 5.98. The van der Waals surface area contributed by atoms with Crippen LogP contribution >= 0.6 is 0 Å². The van der Waals surface area contributed by atoms with Crippen LogP contribution in [0.1, 0.15) is 21.7 Å². The molecule has 0 aliphatic carbocycles. The van der Waals surface area contributed by atoms with Crippen molar-refractivity contribution in [2.24, 2.45) is 0 Å². The average molecular weight is 364 g/mol. The van der Waals surface area contributed by atoms with Crippen molar-refractivity contribution in [3.63, 3.8) is 0 Å². The van der Waals surface area contributed by atoms with E-state index in [2.05, 4.69) is 5.32 Å². The second-order valence-electron chi connectivity index (χ2n) is 5.65. The minimum Gasteiger partial charge on any atom is -0.450 e. The number of para-hydroxylation sites is 1. The van der Waals surface area contributed by atoms with E-state index in [0.717, 1.165) is 5.39 Å². The van der Waals surface area contributed by atoms with Crippen LogP contribution in [0.5, 0.6) is 0 Å². The van der Waals surface area contributed by atoms with Crippen molar-refractivity contribution in [2.45, 2.75) is 6.61 Å².